The van der Waals surface area contributed by atoms with Crippen LogP contribution in [-0.4, -0.2) is 24.0 Å². The van der Waals surface area contributed by atoms with Gasteiger partial charge in [0.05, 0.1) is 6.54 Å². The number of thiazole rings is 1. The average Bonchev–Trinajstić information content (AvgIpc) is 2.76. The van der Waals surface area contributed by atoms with Gasteiger partial charge in [-0.15, -0.1) is 11.3 Å². The lowest BCUT2D eigenvalue weighted by Crippen LogP contribution is -2.41. The summed E-state index contributed by atoms with van der Waals surface area (Å²) in [5, 5.41) is 9.56. The molecule has 0 aliphatic heterocycles. The molecule has 0 aromatic carbocycles. The van der Waals surface area contributed by atoms with E-state index in [1.807, 2.05) is 11.6 Å². The Balaban J connectivity index is 2.35. The zero-order chi connectivity index (χ0) is 11.1. The first-order valence-electron chi connectivity index (χ1n) is 5.11. The van der Waals surface area contributed by atoms with Crippen molar-refractivity contribution in [2.75, 3.05) is 7.05 Å². The van der Waals surface area contributed by atoms with E-state index in [1.165, 1.54) is 0 Å². The van der Waals surface area contributed by atoms with Crippen LogP contribution in [0.15, 0.2) is 16.6 Å². The van der Waals surface area contributed by atoms with Gasteiger partial charge in [-0.25, -0.2) is 4.98 Å². The Kier molecular flexibility index (Phi) is 5.10. The Morgan fingerprint density at radius 3 is 3.00 bits per heavy atom. The van der Waals surface area contributed by atoms with Crippen molar-refractivity contribution in [2.24, 2.45) is 4.99 Å². The maximum absolute atomic E-state index is 4.20. The molecule has 2 N–H and O–H groups in total. The van der Waals surface area contributed by atoms with Crippen LogP contribution >= 0.6 is 11.3 Å². The Morgan fingerprint density at radius 1 is 1.67 bits per heavy atom. The highest BCUT2D eigenvalue weighted by Crippen LogP contribution is 2.02. The second-order valence-electron chi connectivity index (χ2n) is 3.31. The third-order valence-electron chi connectivity index (χ3n) is 2.11. The van der Waals surface area contributed by atoms with Crippen molar-refractivity contribution in [3.8, 4) is 0 Å². The molecule has 0 aliphatic rings. The van der Waals surface area contributed by atoms with Crippen LogP contribution < -0.4 is 10.6 Å². The molecule has 0 spiro atoms. The predicted molar refractivity (Wildman–Crippen MR) is 65.2 cm³/mol. The molecule has 1 rings (SSSR count). The number of nitrogens with zero attached hydrogens (tertiary/aromatic N) is 2. The van der Waals surface area contributed by atoms with Crippen molar-refractivity contribution in [3.63, 3.8) is 0 Å². The summed E-state index contributed by atoms with van der Waals surface area (Å²) < 4.78 is 0. The van der Waals surface area contributed by atoms with E-state index >= 15 is 0 Å². The minimum Gasteiger partial charge on any atom is -0.354 e. The van der Waals surface area contributed by atoms with Gasteiger partial charge in [0.1, 0.15) is 5.01 Å². The van der Waals surface area contributed by atoms with Gasteiger partial charge >= 0.3 is 0 Å². The monoisotopic (exact) mass is 226 g/mol. The van der Waals surface area contributed by atoms with Crippen molar-refractivity contribution in [1.82, 2.24) is 15.6 Å². The zero-order valence-electron chi connectivity index (χ0n) is 9.45. The number of aliphatic imine (C=N–C) groups is 1. The molecule has 0 bridgehead atoms. The van der Waals surface area contributed by atoms with E-state index in [-0.39, 0.29) is 0 Å². The molecular formula is C10H18N4S. The Labute approximate surface area is 94.8 Å². The summed E-state index contributed by atoms with van der Waals surface area (Å²) in [6.45, 7) is 5.01. The number of guanidine groups is 1. The third-order valence-corrected chi connectivity index (χ3v) is 2.89. The molecule has 5 heteroatoms. The Hall–Kier alpha value is -1.10. The highest BCUT2D eigenvalue weighted by Gasteiger charge is 2.02. The molecule has 1 unspecified atom stereocenters. The second-order valence-corrected chi connectivity index (χ2v) is 4.28. The van der Waals surface area contributed by atoms with Crippen LogP contribution in [0, 0.1) is 0 Å². The SMILES string of the molecule is CCC(C)NC(=NC)NCc1nccs1. The van der Waals surface area contributed by atoms with Gasteiger partial charge in [-0.3, -0.25) is 4.99 Å². The van der Waals surface area contributed by atoms with Crippen LogP contribution in [-0.2, 0) is 6.54 Å². The smallest absolute Gasteiger partial charge is 0.191 e. The van der Waals surface area contributed by atoms with E-state index in [1.54, 1.807) is 18.4 Å². The normalized spacial score (nSPS) is 13.7. The number of hydrogen-bond donors (Lipinski definition) is 2. The highest BCUT2D eigenvalue weighted by molar-refractivity contribution is 7.09. The first-order valence-corrected chi connectivity index (χ1v) is 5.99. The van der Waals surface area contributed by atoms with Gasteiger partial charge in [0.2, 0.25) is 0 Å². The lowest BCUT2D eigenvalue weighted by atomic mass is 10.3. The second kappa shape index (κ2) is 6.40. The van der Waals surface area contributed by atoms with E-state index in [0.29, 0.717) is 6.04 Å². The summed E-state index contributed by atoms with van der Waals surface area (Å²) in [6, 6.07) is 0.437. The number of rotatable bonds is 4. The topological polar surface area (TPSA) is 49.3 Å². The first-order chi connectivity index (χ1) is 7.26. The van der Waals surface area contributed by atoms with Crippen LogP contribution in [0.3, 0.4) is 0 Å². The van der Waals surface area contributed by atoms with E-state index in [9.17, 15) is 0 Å². The van der Waals surface area contributed by atoms with Gasteiger partial charge in [0.25, 0.3) is 0 Å². The largest absolute Gasteiger partial charge is 0.354 e. The van der Waals surface area contributed by atoms with Gasteiger partial charge in [0.15, 0.2) is 5.96 Å². The van der Waals surface area contributed by atoms with Gasteiger partial charge in [-0.2, -0.15) is 0 Å². The van der Waals surface area contributed by atoms with Crippen LogP contribution in [0.1, 0.15) is 25.3 Å². The summed E-state index contributed by atoms with van der Waals surface area (Å²) in [5.74, 6) is 0.833. The third kappa shape index (κ3) is 4.29. The summed E-state index contributed by atoms with van der Waals surface area (Å²) in [7, 11) is 1.78. The maximum Gasteiger partial charge on any atom is 0.191 e. The number of hydrogen-bond acceptors (Lipinski definition) is 3. The van der Waals surface area contributed by atoms with E-state index in [4.69, 9.17) is 0 Å². The van der Waals surface area contributed by atoms with Crippen LogP contribution in [0.2, 0.25) is 0 Å². The van der Waals surface area contributed by atoms with Crippen LogP contribution in [0.5, 0.6) is 0 Å². The molecule has 0 saturated carbocycles. The minimum absolute atomic E-state index is 0.437. The molecule has 0 saturated heterocycles. The summed E-state index contributed by atoms with van der Waals surface area (Å²) in [4.78, 5) is 8.34. The van der Waals surface area contributed by atoms with Crippen molar-refractivity contribution in [1.29, 1.82) is 0 Å². The molecule has 0 fully saturated rings. The predicted octanol–water partition coefficient (Wildman–Crippen LogP) is 1.61. The van der Waals surface area contributed by atoms with Gasteiger partial charge in [-0.05, 0) is 13.3 Å². The molecular weight excluding hydrogens is 208 g/mol. The average molecular weight is 226 g/mol. The molecule has 0 aliphatic carbocycles. The van der Waals surface area contributed by atoms with Gasteiger partial charge < -0.3 is 10.6 Å². The van der Waals surface area contributed by atoms with Gasteiger partial charge in [0, 0.05) is 24.7 Å². The molecule has 1 aromatic heterocycles. The Bertz CT molecular complexity index is 294. The molecule has 4 nitrogen and oxygen atoms in total. The van der Waals surface area contributed by atoms with E-state index < -0.39 is 0 Å². The molecule has 84 valence electrons. The molecule has 1 heterocycles. The Morgan fingerprint density at radius 2 is 2.47 bits per heavy atom. The first kappa shape index (κ1) is 12.0. The molecule has 0 radical (unpaired) electrons. The van der Waals surface area contributed by atoms with Crippen molar-refractivity contribution in [3.05, 3.63) is 16.6 Å². The fourth-order valence-electron chi connectivity index (χ4n) is 1.03. The summed E-state index contributed by atoms with van der Waals surface area (Å²) in [5.41, 5.74) is 0. The van der Waals surface area contributed by atoms with Gasteiger partial charge in [-0.1, -0.05) is 6.92 Å². The van der Waals surface area contributed by atoms with Crippen LogP contribution in [0.4, 0.5) is 0 Å². The minimum atomic E-state index is 0.437. The molecule has 0 amide bonds. The van der Waals surface area contributed by atoms with Crippen molar-refractivity contribution >= 4 is 17.3 Å². The summed E-state index contributed by atoms with van der Waals surface area (Å²) in [6.07, 6.45) is 2.89. The van der Waals surface area contributed by atoms with Crippen molar-refractivity contribution < 1.29 is 0 Å². The lowest BCUT2D eigenvalue weighted by molar-refractivity contribution is 0.624. The quantitative estimate of drug-likeness (QED) is 0.606. The van der Waals surface area contributed by atoms with E-state index in [0.717, 1.165) is 23.9 Å². The fourth-order valence-corrected chi connectivity index (χ4v) is 1.59. The molecule has 1 aromatic rings. The van der Waals surface area contributed by atoms with Crippen LogP contribution in [0.25, 0.3) is 0 Å². The van der Waals surface area contributed by atoms with E-state index in [2.05, 4.69) is 34.5 Å². The maximum atomic E-state index is 4.20. The number of aromatic nitrogens is 1. The fraction of sp³-hybridized carbons (Fsp3) is 0.600. The molecule has 1 atom stereocenters. The van der Waals surface area contributed by atoms with Crippen molar-refractivity contribution in [2.45, 2.75) is 32.9 Å². The standard InChI is InChI=1S/C10H18N4S/c1-4-8(2)14-10(11-3)13-7-9-12-5-6-15-9/h5-6,8H,4,7H2,1-3H3,(H2,11,13,14). The summed E-state index contributed by atoms with van der Waals surface area (Å²) >= 11 is 1.64. The lowest BCUT2D eigenvalue weighted by Gasteiger charge is -2.15. The molecule has 15 heavy (non-hydrogen) atoms. The zero-order valence-corrected chi connectivity index (χ0v) is 10.3. The number of nitrogens with one attached hydrogen (secondary N) is 2. The highest BCUT2D eigenvalue weighted by atomic mass is 32.1.